The van der Waals surface area contributed by atoms with Gasteiger partial charge in [0.1, 0.15) is 5.60 Å². The fraction of sp³-hybridized carbons (Fsp3) is 0.941. The number of carbonyl (C=O) groups is 1. The third-order valence-electron chi connectivity index (χ3n) is 5.37. The van der Waals surface area contributed by atoms with Crippen LogP contribution in [0.4, 0.5) is 0 Å². The molecule has 0 bridgehead atoms. The van der Waals surface area contributed by atoms with Crippen molar-refractivity contribution in [3.63, 3.8) is 0 Å². The molecule has 0 saturated carbocycles. The van der Waals surface area contributed by atoms with Crippen LogP contribution in [-0.2, 0) is 9.53 Å². The molecule has 0 aliphatic carbocycles. The molecule has 3 aliphatic heterocycles. The van der Waals surface area contributed by atoms with Crippen molar-refractivity contribution >= 4 is 5.91 Å². The van der Waals surface area contributed by atoms with Crippen LogP contribution in [-0.4, -0.2) is 60.6 Å². The molecule has 3 fully saturated rings. The lowest BCUT2D eigenvalue weighted by Crippen LogP contribution is -2.66. The second kappa shape index (κ2) is 6.66. The van der Waals surface area contributed by atoms with E-state index in [0.29, 0.717) is 18.2 Å². The normalized spacial score (nSPS) is 29.4. The number of rotatable bonds is 4. The fourth-order valence-corrected chi connectivity index (χ4v) is 4.02. The number of carbonyl (C=O) groups excluding carboxylic acids is 1. The van der Waals surface area contributed by atoms with E-state index >= 15 is 0 Å². The highest BCUT2D eigenvalue weighted by Gasteiger charge is 2.48. The quantitative estimate of drug-likeness (QED) is 0.797. The molecule has 3 rings (SSSR count). The van der Waals surface area contributed by atoms with E-state index in [2.05, 4.69) is 11.8 Å². The van der Waals surface area contributed by atoms with Crippen molar-refractivity contribution in [2.45, 2.75) is 57.5 Å². The Morgan fingerprint density at radius 3 is 2.62 bits per heavy atom. The number of amides is 1. The molecular formula is C17H30N2O2. The van der Waals surface area contributed by atoms with Crippen molar-refractivity contribution in [3.8, 4) is 0 Å². The summed E-state index contributed by atoms with van der Waals surface area (Å²) in [7, 11) is 0. The predicted molar refractivity (Wildman–Crippen MR) is 83.2 cm³/mol. The summed E-state index contributed by atoms with van der Waals surface area (Å²) in [6.07, 6.45) is 8.18. The van der Waals surface area contributed by atoms with E-state index in [0.717, 1.165) is 32.5 Å². The summed E-state index contributed by atoms with van der Waals surface area (Å²) < 4.78 is 6.19. The third-order valence-corrected chi connectivity index (χ3v) is 5.37. The van der Waals surface area contributed by atoms with E-state index < -0.39 is 0 Å². The van der Waals surface area contributed by atoms with Gasteiger partial charge in [-0.15, -0.1) is 0 Å². The molecule has 120 valence electrons. The predicted octanol–water partition coefficient (Wildman–Crippen LogP) is 2.28. The lowest BCUT2D eigenvalue weighted by molar-refractivity contribution is -0.189. The van der Waals surface area contributed by atoms with Crippen LogP contribution in [0.25, 0.3) is 0 Å². The van der Waals surface area contributed by atoms with E-state index in [9.17, 15) is 4.79 Å². The summed E-state index contributed by atoms with van der Waals surface area (Å²) in [5.74, 6) is 1.01. The highest BCUT2D eigenvalue weighted by atomic mass is 16.5. The molecule has 3 aliphatic rings. The maximum absolute atomic E-state index is 11.8. The van der Waals surface area contributed by atoms with Gasteiger partial charge in [0, 0.05) is 13.0 Å². The van der Waals surface area contributed by atoms with Crippen molar-refractivity contribution in [3.05, 3.63) is 0 Å². The van der Waals surface area contributed by atoms with Gasteiger partial charge in [-0.1, -0.05) is 13.3 Å². The van der Waals surface area contributed by atoms with Gasteiger partial charge in [-0.25, -0.2) is 0 Å². The van der Waals surface area contributed by atoms with Gasteiger partial charge in [0.15, 0.2) is 0 Å². The minimum absolute atomic E-state index is 0.0157. The average molecular weight is 294 g/mol. The van der Waals surface area contributed by atoms with Crippen LogP contribution in [0.5, 0.6) is 0 Å². The Bertz CT molecular complexity index is 350. The fourth-order valence-electron chi connectivity index (χ4n) is 4.02. The average Bonchev–Trinajstić information content (AvgIpc) is 2.47. The van der Waals surface area contributed by atoms with Gasteiger partial charge in [-0.2, -0.15) is 0 Å². The molecule has 21 heavy (non-hydrogen) atoms. The SMILES string of the molecule is CCCC(=O)N1CC2(CCC(CN3CCCCC3)CO2)C1. The van der Waals surface area contributed by atoms with Crippen LogP contribution < -0.4 is 0 Å². The molecule has 4 heteroatoms. The Labute approximate surface area is 128 Å². The smallest absolute Gasteiger partial charge is 0.222 e. The summed E-state index contributed by atoms with van der Waals surface area (Å²) in [6.45, 7) is 8.41. The molecule has 1 spiro atoms. The standard InChI is InChI=1S/C17H30N2O2/c1-2-6-16(20)19-13-17(14-19)8-7-15(12-21-17)11-18-9-4-3-5-10-18/h15H,2-14H2,1H3. The lowest BCUT2D eigenvalue weighted by atomic mass is 9.82. The monoisotopic (exact) mass is 294 g/mol. The minimum Gasteiger partial charge on any atom is -0.371 e. The van der Waals surface area contributed by atoms with Crippen LogP contribution in [0, 0.1) is 5.92 Å². The van der Waals surface area contributed by atoms with Crippen molar-refractivity contribution in [2.75, 3.05) is 39.3 Å². The number of piperidine rings is 1. The molecule has 1 amide bonds. The van der Waals surface area contributed by atoms with Gasteiger partial charge >= 0.3 is 0 Å². The van der Waals surface area contributed by atoms with E-state index in [1.807, 2.05) is 4.90 Å². The minimum atomic E-state index is 0.0157. The van der Waals surface area contributed by atoms with Crippen molar-refractivity contribution < 1.29 is 9.53 Å². The Balaban J connectivity index is 1.39. The lowest BCUT2D eigenvalue weighted by Gasteiger charge is -2.53. The van der Waals surface area contributed by atoms with Crippen molar-refractivity contribution in [1.82, 2.24) is 9.80 Å². The Morgan fingerprint density at radius 1 is 1.24 bits per heavy atom. The molecule has 0 radical (unpaired) electrons. The molecule has 1 unspecified atom stereocenters. The van der Waals surface area contributed by atoms with Gasteiger partial charge in [-0.05, 0) is 51.1 Å². The topological polar surface area (TPSA) is 32.8 Å². The Kier molecular flexibility index (Phi) is 4.85. The molecule has 1 atom stereocenters. The Morgan fingerprint density at radius 2 is 2.00 bits per heavy atom. The highest BCUT2D eigenvalue weighted by Crippen LogP contribution is 2.36. The third kappa shape index (κ3) is 3.59. The summed E-state index contributed by atoms with van der Waals surface area (Å²) in [5, 5.41) is 0. The molecule has 0 aromatic carbocycles. The first-order valence-corrected chi connectivity index (χ1v) is 8.85. The van der Waals surface area contributed by atoms with E-state index in [4.69, 9.17) is 4.74 Å². The summed E-state index contributed by atoms with van der Waals surface area (Å²) >= 11 is 0. The zero-order chi connectivity index (χ0) is 14.7. The molecular weight excluding hydrogens is 264 g/mol. The van der Waals surface area contributed by atoms with Crippen molar-refractivity contribution in [1.29, 1.82) is 0 Å². The number of nitrogens with zero attached hydrogens (tertiary/aromatic N) is 2. The zero-order valence-corrected chi connectivity index (χ0v) is 13.5. The van der Waals surface area contributed by atoms with Crippen LogP contribution in [0.1, 0.15) is 51.9 Å². The number of hydrogen-bond acceptors (Lipinski definition) is 3. The van der Waals surface area contributed by atoms with Crippen LogP contribution in [0.3, 0.4) is 0 Å². The maximum atomic E-state index is 11.8. The van der Waals surface area contributed by atoms with Crippen LogP contribution >= 0.6 is 0 Å². The van der Waals surface area contributed by atoms with Crippen LogP contribution in [0.2, 0.25) is 0 Å². The number of ether oxygens (including phenoxy) is 1. The molecule has 0 aromatic rings. The van der Waals surface area contributed by atoms with Gasteiger partial charge in [0.25, 0.3) is 0 Å². The molecule has 0 N–H and O–H groups in total. The van der Waals surface area contributed by atoms with E-state index in [1.54, 1.807) is 0 Å². The second-order valence-electron chi connectivity index (χ2n) is 7.26. The highest BCUT2D eigenvalue weighted by molar-refractivity contribution is 5.77. The molecule has 4 nitrogen and oxygen atoms in total. The van der Waals surface area contributed by atoms with Gasteiger partial charge in [-0.3, -0.25) is 4.79 Å². The summed E-state index contributed by atoms with van der Waals surface area (Å²) in [5.41, 5.74) is 0.0157. The summed E-state index contributed by atoms with van der Waals surface area (Å²) in [4.78, 5) is 16.4. The first-order chi connectivity index (χ1) is 10.2. The van der Waals surface area contributed by atoms with Crippen molar-refractivity contribution in [2.24, 2.45) is 5.92 Å². The molecule has 3 saturated heterocycles. The van der Waals surface area contributed by atoms with Gasteiger partial charge in [0.2, 0.25) is 5.91 Å². The number of hydrogen-bond donors (Lipinski definition) is 0. The Hall–Kier alpha value is -0.610. The first kappa shape index (κ1) is 15.3. The number of likely N-dealkylation sites (tertiary alicyclic amines) is 2. The first-order valence-electron chi connectivity index (χ1n) is 8.85. The van der Waals surface area contributed by atoms with E-state index in [-0.39, 0.29) is 5.60 Å². The molecule has 0 aromatic heterocycles. The zero-order valence-electron chi connectivity index (χ0n) is 13.5. The molecule has 3 heterocycles. The van der Waals surface area contributed by atoms with Gasteiger partial charge < -0.3 is 14.5 Å². The second-order valence-corrected chi connectivity index (χ2v) is 7.26. The van der Waals surface area contributed by atoms with Crippen LogP contribution in [0.15, 0.2) is 0 Å². The van der Waals surface area contributed by atoms with E-state index in [1.165, 1.54) is 45.3 Å². The summed E-state index contributed by atoms with van der Waals surface area (Å²) in [6, 6.07) is 0. The maximum Gasteiger partial charge on any atom is 0.222 e. The van der Waals surface area contributed by atoms with Gasteiger partial charge in [0.05, 0.1) is 19.7 Å². The largest absolute Gasteiger partial charge is 0.371 e.